The maximum atomic E-state index is 12.7. The average Bonchev–Trinajstić information content (AvgIpc) is 3.10. The second kappa shape index (κ2) is 7.85. The molecule has 1 aromatic rings. The first kappa shape index (κ1) is 23.0. The van der Waals surface area contributed by atoms with Crippen molar-refractivity contribution in [2.24, 2.45) is 0 Å². The number of likely N-dealkylation sites (tertiary alicyclic amines) is 1. The van der Waals surface area contributed by atoms with E-state index in [4.69, 9.17) is 9.47 Å². The van der Waals surface area contributed by atoms with Gasteiger partial charge in [-0.1, -0.05) is 5.16 Å². The van der Waals surface area contributed by atoms with Crippen molar-refractivity contribution >= 4 is 17.9 Å². The van der Waals surface area contributed by atoms with Crippen molar-refractivity contribution in [1.82, 2.24) is 10.1 Å². The van der Waals surface area contributed by atoms with Gasteiger partial charge in [0.05, 0.1) is 18.2 Å². The van der Waals surface area contributed by atoms with Crippen LogP contribution in [0.25, 0.3) is 0 Å². The van der Waals surface area contributed by atoms with Crippen molar-refractivity contribution in [2.45, 2.75) is 77.5 Å². The molecule has 1 aliphatic rings. The minimum atomic E-state index is -4.70. The summed E-state index contributed by atoms with van der Waals surface area (Å²) in [6.07, 6.45) is -5.71. The third-order valence-electron chi connectivity index (χ3n) is 3.76. The number of nitrogens with one attached hydrogen (secondary N) is 1. The molecule has 0 aromatic carbocycles. The quantitative estimate of drug-likeness (QED) is 0.797. The Morgan fingerprint density at radius 1 is 1.17 bits per heavy atom. The molecule has 1 fully saturated rings. The molecule has 11 heteroatoms. The van der Waals surface area contributed by atoms with Crippen molar-refractivity contribution in [3.8, 4) is 0 Å². The summed E-state index contributed by atoms with van der Waals surface area (Å²) in [5.41, 5.74) is -2.56. The van der Waals surface area contributed by atoms with E-state index in [-0.39, 0.29) is 13.0 Å². The van der Waals surface area contributed by atoms with Crippen LogP contribution in [0.15, 0.2) is 10.6 Å². The number of nitrogens with zero attached hydrogens (tertiary/aromatic N) is 2. The van der Waals surface area contributed by atoms with E-state index in [0.29, 0.717) is 6.07 Å². The second-order valence-corrected chi connectivity index (χ2v) is 8.80. The van der Waals surface area contributed by atoms with Gasteiger partial charge in [-0.2, -0.15) is 13.2 Å². The Morgan fingerprint density at radius 3 is 2.28 bits per heavy atom. The summed E-state index contributed by atoms with van der Waals surface area (Å²) in [6.45, 7) is 10.7. The molecule has 1 saturated heterocycles. The van der Waals surface area contributed by atoms with Crippen LogP contribution in [0, 0.1) is 0 Å². The zero-order chi connectivity index (χ0) is 22.2. The number of anilines is 1. The molecule has 8 nitrogen and oxygen atoms in total. The van der Waals surface area contributed by atoms with Crippen LogP contribution in [-0.2, 0) is 20.4 Å². The molecule has 2 heterocycles. The molecular weight excluding hydrogens is 395 g/mol. The summed E-state index contributed by atoms with van der Waals surface area (Å²) in [7, 11) is 0. The van der Waals surface area contributed by atoms with Gasteiger partial charge in [-0.3, -0.25) is 15.0 Å². The Labute approximate surface area is 166 Å². The molecule has 2 unspecified atom stereocenters. The Hall–Kier alpha value is -2.30. The van der Waals surface area contributed by atoms with Crippen molar-refractivity contribution in [3.63, 3.8) is 0 Å². The van der Waals surface area contributed by atoms with Gasteiger partial charge in [0.1, 0.15) is 11.6 Å². The molecule has 0 spiro atoms. The number of halogens is 3. The molecule has 1 aromatic heterocycles. The van der Waals surface area contributed by atoms with E-state index in [1.807, 2.05) is 20.8 Å². The topological polar surface area (TPSA) is 93.9 Å². The number of carbonyl (C=O) groups excluding carboxylic acids is 2. The monoisotopic (exact) mass is 421 g/mol. The molecular formula is C18H26F3N3O5. The van der Waals surface area contributed by atoms with E-state index in [2.05, 4.69) is 15.0 Å². The van der Waals surface area contributed by atoms with E-state index in [1.165, 1.54) is 4.90 Å². The molecule has 2 rings (SSSR count). The van der Waals surface area contributed by atoms with Crippen LogP contribution in [0.5, 0.6) is 0 Å². The third kappa shape index (κ3) is 6.62. The summed E-state index contributed by atoms with van der Waals surface area (Å²) in [5, 5.41) is 5.12. The number of alkyl halides is 3. The third-order valence-corrected chi connectivity index (χ3v) is 3.76. The van der Waals surface area contributed by atoms with Crippen LogP contribution in [0.3, 0.4) is 0 Å². The van der Waals surface area contributed by atoms with Gasteiger partial charge in [-0.05, 0) is 41.5 Å². The number of carbonyl (C=O) groups is 2. The first-order chi connectivity index (χ1) is 13.0. The minimum Gasteiger partial charge on any atom is -0.444 e. The van der Waals surface area contributed by atoms with Crippen LogP contribution < -0.4 is 5.32 Å². The van der Waals surface area contributed by atoms with Gasteiger partial charge in [0.15, 0.2) is 5.69 Å². The second-order valence-electron chi connectivity index (χ2n) is 8.80. The van der Waals surface area contributed by atoms with Crippen molar-refractivity contribution in [1.29, 1.82) is 0 Å². The van der Waals surface area contributed by atoms with Gasteiger partial charge in [-0.15, -0.1) is 0 Å². The standard InChI is InChI=1S/C18H26F3N3O5/c1-16(2,3)27-10-7-11(24(9-10)15(26)28-17(4,5)6)14(25)22-13-8-12(23-29-13)18(19,20)21/h8,10-11H,7,9H2,1-6H3,(H,22,25). The predicted octanol–water partition coefficient (Wildman–Crippen LogP) is 3.83. The van der Waals surface area contributed by atoms with E-state index >= 15 is 0 Å². The lowest BCUT2D eigenvalue weighted by molar-refractivity contribution is -0.142. The zero-order valence-electron chi connectivity index (χ0n) is 17.2. The van der Waals surface area contributed by atoms with Gasteiger partial charge in [0.25, 0.3) is 0 Å². The molecule has 0 radical (unpaired) electrons. The fourth-order valence-electron chi connectivity index (χ4n) is 2.83. The van der Waals surface area contributed by atoms with Crippen molar-refractivity contribution in [2.75, 3.05) is 11.9 Å². The van der Waals surface area contributed by atoms with E-state index in [0.717, 1.165) is 0 Å². The largest absolute Gasteiger partial charge is 0.444 e. The van der Waals surface area contributed by atoms with Gasteiger partial charge in [0.2, 0.25) is 11.8 Å². The van der Waals surface area contributed by atoms with Gasteiger partial charge >= 0.3 is 12.3 Å². The molecule has 2 amide bonds. The highest BCUT2D eigenvalue weighted by Gasteiger charge is 2.43. The Balaban J connectivity index is 2.17. The van der Waals surface area contributed by atoms with E-state index in [9.17, 15) is 22.8 Å². The lowest BCUT2D eigenvalue weighted by atomic mass is 10.1. The van der Waals surface area contributed by atoms with Crippen LogP contribution in [0.4, 0.5) is 23.8 Å². The number of hydrogen-bond donors (Lipinski definition) is 1. The maximum Gasteiger partial charge on any atom is 0.436 e. The summed E-state index contributed by atoms with van der Waals surface area (Å²) in [5.74, 6) is -1.19. The first-order valence-electron chi connectivity index (χ1n) is 9.07. The first-order valence-corrected chi connectivity index (χ1v) is 9.07. The molecule has 1 aliphatic heterocycles. The van der Waals surface area contributed by atoms with Gasteiger partial charge < -0.3 is 14.0 Å². The average molecular weight is 421 g/mol. The molecule has 2 atom stereocenters. The summed E-state index contributed by atoms with van der Waals surface area (Å²) in [6, 6.07) is -0.426. The zero-order valence-corrected chi connectivity index (χ0v) is 17.2. The molecule has 29 heavy (non-hydrogen) atoms. The Bertz CT molecular complexity index is 749. The van der Waals surface area contributed by atoms with Gasteiger partial charge in [-0.25, -0.2) is 4.79 Å². The lowest BCUT2D eigenvalue weighted by Gasteiger charge is -2.28. The maximum absolute atomic E-state index is 12.7. The Morgan fingerprint density at radius 2 is 1.79 bits per heavy atom. The van der Waals surface area contributed by atoms with Crippen molar-refractivity contribution < 1.29 is 36.8 Å². The number of hydrogen-bond acceptors (Lipinski definition) is 6. The highest BCUT2D eigenvalue weighted by Crippen LogP contribution is 2.31. The molecule has 0 saturated carbocycles. The van der Waals surface area contributed by atoms with Gasteiger partial charge in [0, 0.05) is 12.5 Å². The lowest BCUT2D eigenvalue weighted by Crippen LogP contribution is -2.45. The van der Waals surface area contributed by atoms with Crippen LogP contribution in [0.2, 0.25) is 0 Å². The fraction of sp³-hybridized carbons (Fsp3) is 0.722. The molecule has 0 aliphatic carbocycles. The normalized spacial score (nSPS) is 20.7. The molecule has 1 N–H and O–H groups in total. The fourth-order valence-corrected chi connectivity index (χ4v) is 2.83. The van der Waals surface area contributed by atoms with E-state index in [1.54, 1.807) is 20.8 Å². The summed E-state index contributed by atoms with van der Waals surface area (Å²) in [4.78, 5) is 26.4. The summed E-state index contributed by atoms with van der Waals surface area (Å²) >= 11 is 0. The molecule has 164 valence electrons. The smallest absolute Gasteiger partial charge is 0.436 e. The number of aromatic nitrogens is 1. The highest BCUT2D eigenvalue weighted by molar-refractivity contribution is 5.96. The minimum absolute atomic E-state index is 0.106. The number of amides is 2. The van der Waals surface area contributed by atoms with Crippen molar-refractivity contribution in [3.05, 3.63) is 11.8 Å². The van der Waals surface area contributed by atoms with Crippen LogP contribution in [0.1, 0.15) is 53.7 Å². The highest BCUT2D eigenvalue weighted by atomic mass is 19.4. The molecule has 0 bridgehead atoms. The predicted molar refractivity (Wildman–Crippen MR) is 96.1 cm³/mol. The Kier molecular flexibility index (Phi) is 6.22. The number of rotatable bonds is 3. The number of ether oxygens (including phenoxy) is 2. The van der Waals surface area contributed by atoms with Crippen LogP contribution in [-0.4, -0.2) is 51.9 Å². The van der Waals surface area contributed by atoms with E-state index < -0.39 is 53.1 Å². The SMILES string of the molecule is CC(C)(C)OC(=O)N1CC(OC(C)(C)C)CC1C(=O)Nc1cc(C(F)(F)F)no1. The summed E-state index contributed by atoms with van der Waals surface area (Å²) < 4.78 is 53.7. The van der Waals surface area contributed by atoms with Crippen LogP contribution >= 0.6 is 0 Å².